The van der Waals surface area contributed by atoms with Gasteiger partial charge in [0.25, 0.3) is 0 Å². The molecule has 0 aromatic heterocycles. The number of carbonyl (C=O) groups is 1. The Bertz CT molecular complexity index is 483. The van der Waals surface area contributed by atoms with Gasteiger partial charge in [-0.05, 0) is 23.3 Å². The minimum atomic E-state index is -1.68. The van der Waals surface area contributed by atoms with Crippen molar-refractivity contribution in [1.82, 2.24) is 0 Å². The molecule has 0 saturated heterocycles. The van der Waals surface area contributed by atoms with Crippen LogP contribution in [0, 0.1) is 11.3 Å². The normalized spacial score (nSPS) is 13.5. The molecule has 0 spiro atoms. The van der Waals surface area contributed by atoms with Gasteiger partial charge in [-0.1, -0.05) is 22.0 Å². The number of aliphatic hydroxyl groups is 2. The fraction of sp³-hybridized carbons (Fsp3) is 0.333. The first kappa shape index (κ1) is 14.6. The van der Waals surface area contributed by atoms with Crippen LogP contribution < -0.4 is 0 Å². The minimum Gasteiger partial charge on any atom is -0.467 e. The van der Waals surface area contributed by atoms with E-state index in [9.17, 15) is 15.0 Å². The van der Waals surface area contributed by atoms with E-state index in [2.05, 4.69) is 20.7 Å². The van der Waals surface area contributed by atoms with Gasteiger partial charge in [0, 0.05) is 5.33 Å². The standard InChI is InChI=1S/C12H12BrNO4/c1-18-12(17)11(16)10(15)9-4-7(6-14)2-3-8(9)5-13/h2-4,10-11,15-16H,5H2,1H3. The summed E-state index contributed by atoms with van der Waals surface area (Å²) in [6.07, 6.45) is -3.11. The van der Waals surface area contributed by atoms with Crippen LogP contribution in [0.5, 0.6) is 0 Å². The van der Waals surface area contributed by atoms with Crippen LogP contribution in [0.1, 0.15) is 22.8 Å². The first-order chi connectivity index (χ1) is 8.54. The second-order valence-corrected chi connectivity index (χ2v) is 4.13. The summed E-state index contributed by atoms with van der Waals surface area (Å²) >= 11 is 3.23. The Hall–Kier alpha value is -1.42. The predicted octanol–water partition coefficient (Wildman–Crippen LogP) is 1.02. The van der Waals surface area contributed by atoms with E-state index in [0.717, 1.165) is 7.11 Å². The van der Waals surface area contributed by atoms with Crippen molar-refractivity contribution in [2.24, 2.45) is 0 Å². The molecule has 0 saturated carbocycles. The summed E-state index contributed by atoms with van der Waals surface area (Å²) in [7, 11) is 1.12. The lowest BCUT2D eigenvalue weighted by atomic mass is 9.97. The molecule has 2 unspecified atom stereocenters. The summed E-state index contributed by atoms with van der Waals surface area (Å²) in [5.41, 5.74) is 1.35. The third-order valence-corrected chi connectivity index (χ3v) is 3.08. The first-order valence-corrected chi connectivity index (χ1v) is 6.20. The molecule has 6 heteroatoms. The molecule has 96 valence electrons. The number of halogens is 1. The van der Waals surface area contributed by atoms with Crippen LogP contribution in [-0.2, 0) is 14.9 Å². The number of esters is 1. The number of benzene rings is 1. The molecule has 0 fully saturated rings. The summed E-state index contributed by atoms with van der Waals surface area (Å²) in [6.45, 7) is 0. The maximum absolute atomic E-state index is 11.2. The predicted molar refractivity (Wildman–Crippen MR) is 66.8 cm³/mol. The number of nitriles is 1. The zero-order valence-corrected chi connectivity index (χ0v) is 11.2. The number of rotatable bonds is 4. The quantitative estimate of drug-likeness (QED) is 0.640. The molecule has 1 rings (SSSR count). The Balaban J connectivity index is 3.14. The van der Waals surface area contributed by atoms with E-state index in [-0.39, 0.29) is 0 Å². The molecule has 5 nitrogen and oxygen atoms in total. The maximum atomic E-state index is 11.2. The summed E-state index contributed by atoms with van der Waals surface area (Å²) in [5, 5.41) is 28.8. The number of nitrogens with zero attached hydrogens (tertiary/aromatic N) is 1. The van der Waals surface area contributed by atoms with Gasteiger partial charge in [-0.2, -0.15) is 5.26 Å². The zero-order chi connectivity index (χ0) is 13.7. The molecule has 1 aromatic rings. The Morgan fingerprint density at radius 3 is 2.72 bits per heavy atom. The topological polar surface area (TPSA) is 90.6 Å². The summed E-state index contributed by atoms with van der Waals surface area (Å²) < 4.78 is 4.36. The molecule has 0 heterocycles. The highest BCUT2D eigenvalue weighted by atomic mass is 79.9. The van der Waals surface area contributed by atoms with Crippen molar-refractivity contribution < 1.29 is 19.7 Å². The molecule has 2 atom stereocenters. The van der Waals surface area contributed by atoms with Crippen molar-refractivity contribution in [2.75, 3.05) is 7.11 Å². The molecule has 2 N–H and O–H groups in total. The zero-order valence-electron chi connectivity index (χ0n) is 9.63. The van der Waals surface area contributed by atoms with E-state index >= 15 is 0 Å². The van der Waals surface area contributed by atoms with Gasteiger partial charge in [-0.25, -0.2) is 4.79 Å². The van der Waals surface area contributed by atoms with E-state index in [1.54, 1.807) is 12.1 Å². The van der Waals surface area contributed by atoms with Gasteiger partial charge in [0.1, 0.15) is 6.10 Å². The maximum Gasteiger partial charge on any atom is 0.337 e. The monoisotopic (exact) mass is 313 g/mol. The molecule has 18 heavy (non-hydrogen) atoms. The Morgan fingerprint density at radius 2 is 2.22 bits per heavy atom. The number of methoxy groups -OCH3 is 1. The van der Waals surface area contributed by atoms with Gasteiger partial charge in [-0.15, -0.1) is 0 Å². The fourth-order valence-electron chi connectivity index (χ4n) is 1.48. The highest BCUT2D eigenvalue weighted by Crippen LogP contribution is 2.25. The van der Waals surface area contributed by atoms with Gasteiger partial charge in [-0.3, -0.25) is 0 Å². The molecule has 0 radical (unpaired) electrons. The molecule has 0 bridgehead atoms. The smallest absolute Gasteiger partial charge is 0.337 e. The molecule has 0 aliphatic rings. The number of hydrogen-bond donors (Lipinski definition) is 2. The average molecular weight is 314 g/mol. The highest BCUT2D eigenvalue weighted by molar-refractivity contribution is 9.08. The van der Waals surface area contributed by atoms with Gasteiger partial charge >= 0.3 is 5.97 Å². The molecule has 0 aliphatic heterocycles. The highest BCUT2D eigenvalue weighted by Gasteiger charge is 2.28. The summed E-state index contributed by atoms with van der Waals surface area (Å²) in [5.74, 6) is -0.926. The lowest BCUT2D eigenvalue weighted by Gasteiger charge is -2.18. The molecule has 0 aliphatic carbocycles. The third-order valence-electron chi connectivity index (χ3n) is 2.48. The first-order valence-electron chi connectivity index (χ1n) is 5.08. The van der Waals surface area contributed by atoms with Crippen molar-refractivity contribution >= 4 is 21.9 Å². The van der Waals surface area contributed by atoms with Gasteiger partial charge in [0.05, 0.1) is 18.7 Å². The average Bonchev–Trinajstić information content (AvgIpc) is 2.43. The van der Waals surface area contributed by atoms with Gasteiger partial charge in [0.2, 0.25) is 0 Å². The van der Waals surface area contributed by atoms with Crippen LogP contribution in [0.25, 0.3) is 0 Å². The second kappa shape index (κ2) is 6.50. The Kier molecular flexibility index (Phi) is 5.28. The van der Waals surface area contributed by atoms with Crippen LogP contribution in [-0.4, -0.2) is 29.4 Å². The Morgan fingerprint density at radius 1 is 1.56 bits per heavy atom. The SMILES string of the molecule is COC(=O)C(O)C(O)c1cc(C#N)ccc1CBr. The third kappa shape index (κ3) is 3.07. The largest absolute Gasteiger partial charge is 0.467 e. The van der Waals surface area contributed by atoms with E-state index in [4.69, 9.17) is 5.26 Å². The van der Waals surface area contributed by atoms with Crippen LogP contribution in [0.3, 0.4) is 0 Å². The van der Waals surface area contributed by atoms with Crippen LogP contribution in [0.4, 0.5) is 0 Å². The number of carbonyl (C=O) groups excluding carboxylic acids is 1. The van der Waals surface area contributed by atoms with Crippen molar-refractivity contribution in [3.8, 4) is 6.07 Å². The van der Waals surface area contributed by atoms with E-state index in [0.29, 0.717) is 22.0 Å². The van der Waals surface area contributed by atoms with Crippen molar-refractivity contribution in [3.63, 3.8) is 0 Å². The molecule has 0 amide bonds. The van der Waals surface area contributed by atoms with Crippen molar-refractivity contribution in [1.29, 1.82) is 5.26 Å². The van der Waals surface area contributed by atoms with Crippen LogP contribution in [0.15, 0.2) is 18.2 Å². The van der Waals surface area contributed by atoms with Crippen LogP contribution >= 0.6 is 15.9 Å². The van der Waals surface area contributed by atoms with Crippen LogP contribution in [0.2, 0.25) is 0 Å². The number of ether oxygens (including phenoxy) is 1. The van der Waals surface area contributed by atoms with E-state index in [1.807, 2.05) is 6.07 Å². The van der Waals surface area contributed by atoms with Crippen molar-refractivity contribution in [2.45, 2.75) is 17.5 Å². The van der Waals surface area contributed by atoms with Gasteiger partial charge < -0.3 is 14.9 Å². The number of alkyl halides is 1. The van der Waals surface area contributed by atoms with Crippen molar-refractivity contribution in [3.05, 3.63) is 34.9 Å². The Labute approximate surface area is 113 Å². The molecular formula is C12H12BrNO4. The fourth-order valence-corrected chi connectivity index (χ4v) is 1.99. The van der Waals surface area contributed by atoms with E-state index < -0.39 is 18.2 Å². The van der Waals surface area contributed by atoms with Gasteiger partial charge in [0.15, 0.2) is 6.10 Å². The minimum absolute atomic E-state index is 0.323. The van der Waals surface area contributed by atoms with E-state index in [1.165, 1.54) is 6.07 Å². The number of hydrogen-bond acceptors (Lipinski definition) is 5. The second-order valence-electron chi connectivity index (χ2n) is 3.57. The summed E-state index contributed by atoms with van der Waals surface area (Å²) in [6, 6.07) is 6.61. The molecule has 1 aromatic carbocycles. The number of aliphatic hydroxyl groups excluding tert-OH is 2. The molecular weight excluding hydrogens is 302 g/mol. The summed E-state index contributed by atoms with van der Waals surface area (Å²) in [4.78, 5) is 11.2. The lowest BCUT2D eigenvalue weighted by Crippen LogP contribution is -2.29. The lowest BCUT2D eigenvalue weighted by molar-refractivity contribution is -0.156.